The lowest BCUT2D eigenvalue weighted by Gasteiger charge is -2.22. The summed E-state index contributed by atoms with van der Waals surface area (Å²) in [6.45, 7) is 1.91. The minimum atomic E-state index is -0.604. The van der Waals surface area contributed by atoms with Gasteiger partial charge in [-0.2, -0.15) is 0 Å². The molecule has 0 aliphatic carbocycles. The third kappa shape index (κ3) is 1.85. The van der Waals surface area contributed by atoms with E-state index in [1.54, 1.807) is 0 Å². The van der Waals surface area contributed by atoms with Crippen LogP contribution in [0.4, 0.5) is 0 Å². The summed E-state index contributed by atoms with van der Waals surface area (Å²) >= 11 is 0. The van der Waals surface area contributed by atoms with Crippen LogP contribution in [0.2, 0.25) is 0 Å². The van der Waals surface area contributed by atoms with E-state index in [0.717, 1.165) is 25.9 Å². The SMILES string of the molecule is O=C(O)[C@@H]1CCC[C@H]2CCCN2C1. The first-order valence-electron chi connectivity index (χ1n) is 5.24. The highest BCUT2D eigenvalue weighted by Crippen LogP contribution is 2.28. The highest BCUT2D eigenvalue weighted by molar-refractivity contribution is 5.70. The molecule has 74 valence electrons. The molecule has 2 rings (SSSR count). The van der Waals surface area contributed by atoms with Gasteiger partial charge in [-0.3, -0.25) is 9.69 Å². The van der Waals surface area contributed by atoms with Gasteiger partial charge in [-0.25, -0.2) is 0 Å². The first-order chi connectivity index (χ1) is 6.27. The van der Waals surface area contributed by atoms with E-state index in [1.165, 1.54) is 19.3 Å². The van der Waals surface area contributed by atoms with Crippen LogP contribution in [0.15, 0.2) is 0 Å². The number of hydrogen-bond donors (Lipinski definition) is 1. The summed E-state index contributed by atoms with van der Waals surface area (Å²) in [7, 11) is 0. The molecular formula is C10H17NO2. The van der Waals surface area contributed by atoms with Crippen molar-refractivity contribution in [2.75, 3.05) is 13.1 Å². The molecule has 3 heteroatoms. The van der Waals surface area contributed by atoms with Gasteiger partial charge in [-0.05, 0) is 32.2 Å². The van der Waals surface area contributed by atoms with Crippen molar-refractivity contribution in [3.63, 3.8) is 0 Å². The highest BCUT2D eigenvalue weighted by Gasteiger charge is 2.31. The molecule has 0 amide bonds. The Morgan fingerprint density at radius 1 is 1.23 bits per heavy atom. The maximum atomic E-state index is 10.9. The van der Waals surface area contributed by atoms with Gasteiger partial charge in [-0.15, -0.1) is 0 Å². The fraction of sp³-hybridized carbons (Fsp3) is 0.900. The van der Waals surface area contributed by atoms with Crippen LogP contribution in [0.25, 0.3) is 0 Å². The van der Waals surface area contributed by atoms with Gasteiger partial charge < -0.3 is 5.11 Å². The monoisotopic (exact) mass is 183 g/mol. The lowest BCUT2D eigenvalue weighted by Crippen LogP contribution is -2.34. The number of nitrogens with zero attached hydrogens (tertiary/aromatic N) is 1. The van der Waals surface area contributed by atoms with Crippen LogP contribution in [-0.2, 0) is 4.79 Å². The van der Waals surface area contributed by atoms with Crippen LogP contribution in [0.5, 0.6) is 0 Å². The van der Waals surface area contributed by atoms with E-state index in [2.05, 4.69) is 4.90 Å². The summed E-state index contributed by atoms with van der Waals surface area (Å²) in [6, 6.07) is 0.698. The first kappa shape index (κ1) is 9.00. The first-order valence-corrected chi connectivity index (χ1v) is 5.24. The normalized spacial score (nSPS) is 35.4. The standard InChI is InChI=1S/C10H17NO2/c12-10(13)8-3-1-4-9-5-2-6-11(9)7-8/h8-9H,1-7H2,(H,12,13)/t8-,9+/m1/s1. The maximum Gasteiger partial charge on any atom is 0.307 e. The Morgan fingerprint density at radius 2 is 2.00 bits per heavy atom. The van der Waals surface area contributed by atoms with Gasteiger partial charge in [0.15, 0.2) is 0 Å². The molecule has 0 aromatic carbocycles. The highest BCUT2D eigenvalue weighted by atomic mass is 16.4. The molecule has 0 bridgehead atoms. The number of fused-ring (bicyclic) bond motifs is 1. The second kappa shape index (κ2) is 3.66. The van der Waals surface area contributed by atoms with Crippen LogP contribution in [-0.4, -0.2) is 35.1 Å². The topological polar surface area (TPSA) is 40.5 Å². The fourth-order valence-corrected chi connectivity index (χ4v) is 2.64. The van der Waals surface area contributed by atoms with Gasteiger partial charge in [0.05, 0.1) is 5.92 Å². The second-order valence-electron chi connectivity index (χ2n) is 4.26. The van der Waals surface area contributed by atoms with Crippen LogP contribution in [0.3, 0.4) is 0 Å². The summed E-state index contributed by atoms with van der Waals surface area (Å²) in [4.78, 5) is 13.2. The van der Waals surface area contributed by atoms with Gasteiger partial charge in [-0.1, -0.05) is 6.42 Å². The van der Waals surface area contributed by atoms with Crippen LogP contribution < -0.4 is 0 Å². The summed E-state index contributed by atoms with van der Waals surface area (Å²) in [5, 5.41) is 8.96. The number of aliphatic carboxylic acids is 1. The molecule has 2 saturated heterocycles. The van der Waals surface area contributed by atoms with E-state index >= 15 is 0 Å². The van der Waals surface area contributed by atoms with Crippen LogP contribution in [0.1, 0.15) is 32.1 Å². The summed E-state index contributed by atoms with van der Waals surface area (Å²) in [5.41, 5.74) is 0. The average Bonchev–Trinajstić information content (AvgIpc) is 2.42. The van der Waals surface area contributed by atoms with Crippen molar-refractivity contribution >= 4 is 5.97 Å². The quantitative estimate of drug-likeness (QED) is 0.666. The Bertz CT molecular complexity index is 205. The van der Waals surface area contributed by atoms with E-state index in [0.29, 0.717) is 6.04 Å². The van der Waals surface area contributed by atoms with Gasteiger partial charge in [0.1, 0.15) is 0 Å². The van der Waals surface area contributed by atoms with Crippen molar-refractivity contribution in [3.05, 3.63) is 0 Å². The van der Waals surface area contributed by atoms with E-state index < -0.39 is 5.97 Å². The van der Waals surface area contributed by atoms with Gasteiger partial charge in [0.25, 0.3) is 0 Å². The molecule has 2 atom stereocenters. The molecular weight excluding hydrogens is 166 g/mol. The van der Waals surface area contributed by atoms with Crippen LogP contribution >= 0.6 is 0 Å². The molecule has 0 unspecified atom stereocenters. The number of rotatable bonds is 1. The van der Waals surface area contributed by atoms with Crippen molar-refractivity contribution in [3.8, 4) is 0 Å². The summed E-state index contributed by atoms with van der Waals surface area (Å²) in [6.07, 6.45) is 5.73. The number of carbonyl (C=O) groups is 1. The van der Waals surface area contributed by atoms with E-state index in [1.807, 2.05) is 0 Å². The average molecular weight is 183 g/mol. The molecule has 0 aromatic heterocycles. The molecule has 2 aliphatic rings. The number of carboxylic acids is 1. The molecule has 13 heavy (non-hydrogen) atoms. The Hall–Kier alpha value is -0.570. The molecule has 2 aliphatic heterocycles. The van der Waals surface area contributed by atoms with Crippen molar-refractivity contribution in [2.24, 2.45) is 5.92 Å². The predicted octanol–water partition coefficient (Wildman–Crippen LogP) is 1.34. The number of carboxylic acid groups (broad SMARTS) is 1. The van der Waals surface area contributed by atoms with Gasteiger partial charge in [0, 0.05) is 12.6 Å². The largest absolute Gasteiger partial charge is 0.481 e. The maximum absolute atomic E-state index is 10.9. The second-order valence-corrected chi connectivity index (χ2v) is 4.26. The van der Waals surface area contributed by atoms with E-state index in [4.69, 9.17) is 5.11 Å². The molecule has 0 radical (unpaired) electrons. The van der Waals surface area contributed by atoms with Crippen molar-refractivity contribution in [2.45, 2.75) is 38.1 Å². The van der Waals surface area contributed by atoms with Crippen molar-refractivity contribution < 1.29 is 9.90 Å². The third-order valence-corrected chi connectivity index (χ3v) is 3.39. The zero-order chi connectivity index (χ0) is 9.26. The number of hydrogen-bond acceptors (Lipinski definition) is 2. The van der Waals surface area contributed by atoms with Crippen LogP contribution in [0, 0.1) is 5.92 Å². The minimum absolute atomic E-state index is 0.108. The molecule has 2 heterocycles. The van der Waals surface area contributed by atoms with Crippen molar-refractivity contribution in [1.29, 1.82) is 0 Å². The zero-order valence-corrected chi connectivity index (χ0v) is 7.91. The molecule has 3 nitrogen and oxygen atoms in total. The smallest absolute Gasteiger partial charge is 0.307 e. The van der Waals surface area contributed by atoms with E-state index in [9.17, 15) is 4.79 Å². The molecule has 2 fully saturated rings. The summed E-state index contributed by atoms with van der Waals surface area (Å²) < 4.78 is 0. The molecule has 1 N–H and O–H groups in total. The zero-order valence-electron chi connectivity index (χ0n) is 7.91. The van der Waals surface area contributed by atoms with Gasteiger partial charge in [0.2, 0.25) is 0 Å². The predicted molar refractivity (Wildman–Crippen MR) is 49.6 cm³/mol. The Morgan fingerprint density at radius 3 is 2.77 bits per heavy atom. The molecule has 0 saturated carbocycles. The fourth-order valence-electron chi connectivity index (χ4n) is 2.64. The van der Waals surface area contributed by atoms with Gasteiger partial charge >= 0.3 is 5.97 Å². The van der Waals surface area contributed by atoms with Crippen molar-refractivity contribution in [1.82, 2.24) is 4.90 Å². The Kier molecular flexibility index (Phi) is 2.54. The Labute approximate surface area is 78.7 Å². The third-order valence-electron chi connectivity index (χ3n) is 3.39. The minimum Gasteiger partial charge on any atom is -0.481 e. The Balaban J connectivity index is 2.00. The molecule has 0 aromatic rings. The summed E-state index contributed by atoms with van der Waals surface area (Å²) in [5.74, 6) is -0.712. The lowest BCUT2D eigenvalue weighted by molar-refractivity contribution is -0.142. The molecule has 0 spiro atoms. The lowest BCUT2D eigenvalue weighted by atomic mass is 10.0. The van der Waals surface area contributed by atoms with E-state index in [-0.39, 0.29) is 5.92 Å².